The van der Waals surface area contributed by atoms with E-state index in [-0.39, 0.29) is 5.78 Å². The molecule has 1 N–H and O–H groups in total. The maximum Gasteiger partial charge on any atom is 0.176 e. The standard InChI is InChI=1S/C17H23NO3/c1-18(12-17(20)7-2-3-8-17)11-15(19)13-4-5-16-14(10-13)6-9-21-16/h4-5,10,20H,2-3,6-9,11-12H2,1H3. The van der Waals surface area contributed by atoms with Gasteiger partial charge in [0.25, 0.3) is 0 Å². The number of rotatable bonds is 5. The summed E-state index contributed by atoms with van der Waals surface area (Å²) in [5.41, 5.74) is 1.27. The van der Waals surface area contributed by atoms with Crippen LogP contribution in [0.25, 0.3) is 0 Å². The molecule has 1 aromatic rings. The highest BCUT2D eigenvalue weighted by molar-refractivity contribution is 5.98. The number of aliphatic hydroxyl groups is 1. The Morgan fingerprint density at radius 2 is 2.14 bits per heavy atom. The summed E-state index contributed by atoms with van der Waals surface area (Å²) in [6.07, 6.45) is 4.75. The summed E-state index contributed by atoms with van der Waals surface area (Å²) in [6, 6.07) is 5.67. The topological polar surface area (TPSA) is 49.8 Å². The fraction of sp³-hybridized carbons (Fsp3) is 0.588. The van der Waals surface area contributed by atoms with E-state index in [0.717, 1.165) is 49.0 Å². The second-order valence-corrected chi connectivity index (χ2v) is 6.45. The Bertz CT molecular complexity index is 535. The largest absolute Gasteiger partial charge is 0.493 e. The van der Waals surface area contributed by atoms with Crippen molar-refractivity contribution < 1.29 is 14.6 Å². The Morgan fingerprint density at radius 3 is 2.90 bits per heavy atom. The number of likely N-dealkylation sites (N-methyl/N-ethyl adjacent to an activating group) is 1. The van der Waals surface area contributed by atoms with E-state index in [9.17, 15) is 9.90 Å². The van der Waals surface area contributed by atoms with Crippen molar-refractivity contribution in [3.05, 3.63) is 29.3 Å². The minimum atomic E-state index is -0.596. The lowest BCUT2D eigenvalue weighted by Crippen LogP contribution is -2.41. The fourth-order valence-corrected chi connectivity index (χ4v) is 3.45. The third-order valence-corrected chi connectivity index (χ3v) is 4.52. The molecule has 1 heterocycles. The number of fused-ring (bicyclic) bond motifs is 1. The Balaban J connectivity index is 1.60. The number of hydrogen-bond donors (Lipinski definition) is 1. The highest BCUT2D eigenvalue weighted by atomic mass is 16.5. The summed E-state index contributed by atoms with van der Waals surface area (Å²) in [7, 11) is 1.91. The van der Waals surface area contributed by atoms with Gasteiger partial charge in [0.1, 0.15) is 5.75 Å². The lowest BCUT2D eigenvalue weighted by atomic mass is 10.0. The molecule has 0 spiro atoms. The molecule has 1 fully saturated rings. The van der Waals surface area contributed by atoms with E-state index in [1.165, 1.54) is 0 Å². The van der Waals surface area contributed by atoms with Gasteiger partial charge in [0.05, 0.1) is 18.8 Å². The first-order valence-corrected chi connectivity index (χ1v) is 7.76. The molecule has 0 saturated heterocycles. The molecule has 0 atom stereocenters. The number of ether oxygens (including phenoxy) is 1. The van der Waals surface area contributed by atoms with Crippen LogP contribution >= 0.6 is 0 Å². The molecule has 4 nitrogen and oxygen atoms in total. The Hall–Kier alpha value is -1.39. The van der Waals surface area contributed by atoms with Crippen molar-refractivity contribution in [2.24, 2.45) is 0 Å². The minimum Gasteiger partial charge on any atom is -0.493 e. The molecule has 1 saturated carbocycles. The van der Waals surface area contributed by atoms with Crippen molar-refractivity contribution in [1.82, 2.24) is 4.90 Å². The quantitative estimate of drug-likeness (QED) is 0.843. The fourth-order valence-electron chi connectivity index (χ4n) is 3.45. The summed E-state index contributed by atoms with van der Waals surface area (Å²) in [5, 5.41) is 10.4. The van der Waals surface area contributed by atoms with Gasteiger partial charge in [-0.05, 0) is 43.7 Å². The highest BCUT2D eigenvalue weighted by Gasteiger charge is 2.32. The third kappa shape index (κ3) is 3.27. The molecule has 1 aliphatic carbocycles. The first-order valence-electron chi connectivity index (χ1n) is 7.76. The van der Waals surface area contributed by atoms with Crippen LogP contribution < -0.4 is 4.74 Å². The normalized spacial score (nSPS) is 19.6. The predicted octanol–water partition coefficient (Wildman–Crippen LogP) is 2.04. The van der Waals surface area contributed by atoms with Crippen LogP contribution in [-0.2, 0) is 6.42 Å². The Morgan fingerprint density at radius 1 is 1.38 bits per heavy atom. The van der Waals surface area contributed by atoms with Gasteiger partial charge >= 0.3 is 0 Å². The molecule has 0 unspecified atom stereocenters. The first kappa shape index (κ1) is 14.5. The number of carbonyl (C=O) groups excluding carboxylic acids is 1. The molecule has 1 aliphatic heterocycles. The Kier molecular flexibility index (Phi) is 4.00. The number of ketones is 1. The summed E-state index contributed by atoms with van der Waals surface area (Å²) >= 11 is 0. The summed E-state index contributed by atoms with van der Waals surface area (Å²) < 4.78 is 5.46. The van der Waals surface area contributed by atoms with Gasteiger partial charge in [-0.15, -0.1) is 0 Å². The van der Waals surface area contributed by atoms with Crippen molar-refractivity contribution in [3.8, 4) is 5.75 Å². The molecular weight excluding hydrogens is 266 g/mol. The van der Waals surface area contributed by atoms with Crippen molar-refractivity contribution in [3.63, 3.8) is 0 Å². The molecule has 2 aliphatic rings. The molecular formula is C17H23NO3. The molecule has 0 bridgehead atoms. The van der Waals surface area contributed by atoms with E-state index in [0.29, 0.717) is 19.7 Å². The highest BCUT2D eigenvalue weighted by Crippen LogP contribution is 2.30. The number of nitrogens with zero attached hydrogens (tertiary/aromatic N) is 1. The summed E-state index contributed by atoms with van der Waals surface area (Å²) in [5.74, 6) is 1.01. The van der Waals surface area contributed by atoms with Crippen LogP contribution in [0.2, 0.25) is 0 Å². The van der Waals surface area contributed by atoms with E-state index in [2.05, 4.69) is 0 Å². The molecule has 21 heavy (non-hydrogen) atoms. The van der Waals surface area contributed by atoms with Gasteiger partial charge in [-0.1, -0.05) is 12.8 Å². The number of Topliss-reactive ketones (excluding diaryl/α,β-unsaturated/α-hetero) is 1. The van der Waals surface area contributed by atoms with Crippen molar-refractivity contribution in [2.45, 2.75) is 37.7 Å². The van der Waals surface area contributed by atoms with Gasteiger partial charge < -0.3 is 9.84 Å². The average molecular weight is 289 g/mol. The van der Waals surface area contributed by atoms with Gasteiger partial charge in [-0.3, -0.25) is 9.69 Å². The van der Waals surface area contributed by atoms with Crippen LogP contribution in [0.15, 0.2) is 18.2 Å². The second-order valence-electron chi connectivity index (χ2n) is 6.45. The van der Waals surface area contributed by atoms with Crippen LogP contribution in [0, 0.1) is 0 Å². The zero-order valence-corrected chi connectivity index (χ0v) is 12.6. The SMILES string of the molecule is CN(CC(=O)c1ccc2c(c1)CCO2)CC1(O)CCCC1. The molecule has 0 radical (unpaired) electrons. The van der Waals surface area contributed by atoms with Gasteiger partial charge in [-0.2, -0.15) is 0 Å². The zero-order chi connectivity index (χ0) is 14.9. The summed E-state index contributed by atoms with van der Waals surface area (Å²) in [4.78, 5) is 14.3. The Labute approximate surface area is 125 Å². The first-order chi connectivity index (χ1) is 10.1. The molecule has 114 valence electrons. The number of benzene rings is 1. The molecule has 1 aromatic carbocycles. The van der Waals surface area contributed by atoms with Crippen molar-refractivity contribution in [1.29, 1.82) is 0 Å². The second kappa shape index (κ2) is 5.78. The molecule has 0 amide bonds. The third-order valence-electron chi connectivity index (χ3n) is 4.52. The van der Waals surface area contributed by atoms with E-state index in [1.54, 1.807) is 0 Å². The number of hydrogen-bond acceptors (Lipinski definition) is 4. The minimum absolute atomic E-state index is 0.105. The zero-order valence-electron chi connectivity index (χ0n) is 12.6. The van der Waals surface area contributed by atoms with E-state index >= 15 is 0 Å². The lowest BCUT2D eigenvalue weighted by Gasteiger charge is -2.28. The van der Waals surface area contributed by atoms with Gasteiger partial charge in [0.2, 0.25) is 0 Å². The van der Waals surface area contributed by atoms with Crippen LogP contribution in [0.4, 0.5) is 0 Å². The van der Waals surface area contributed by atoms with Crippen LogP contribution in [0.5, 0.6) is 5.75 Å². The van der Waals surface area contributed by atoms with Crippen molar-refractivity contribution >= 4 is 5.78 Å². The van der Waals surface area contributed by atoms with Crippen molar-refractivity contribution in [2.75, 3.05) is 26.7 Å². The van der Waals surface area contributed by atoms with Gasteiger partial charge in [-0.25, -0.2) is 0 Å². The molecule has 0 aromatic heterocycles. The maximum absolute atomic E-state index is 12.4. The van der Waals surface area contributed by atoms with Crippen LogP contribution in [0.1, 0.15) is 41.6 Å². The van der Waals surface area contributed by atoms with E-state index < -0.39 is 5.60 Å². The molecule has 3 rings (SSSR count). The van der Waals surface area contributed by atoms with Crippen LogP contribution in [0.3, 0.4) is 0 Å². The monoisotopic (exact) mass is 289 g/mol. The van der Waals surface area contributed by atoms with Gasteiger partial charge in [0, 0.05) is 18.5 Å². The predicted molar refractivity (Wildman–Crippen MR) is 80.9 cm³/mol. The summed E-state index contributed by atoms with van der Waals surface area (Å²) in [6.45, 7) is 1.63. The van der Waals surface area contributed by atoms with E-state index in [4.69, 9.17) is 4.74 Å². The lowest BCUT2D eigenvalue weighted by molar-refractivity contribution is 0.0172. The van der Waals surface area contributed by atoms with Crippen LogP contribution in [-0.4, -0.2) is 48.1 Å². The van der Waals surface area contributed by atoms with E-state index in [1.807, 2.05) is 30.1 Å². The molecule has 4 heteroatoms. The van der Waals surface area contributed by atoms with Gasteiger partial charge in [0.15, 0.2) is 5.78 Å². The average Bonchev–Trinajstić information content (AvgIpc) is 3.06. The number of carbonyl (C=O) groups is 1. The smallest absolute Gasteiger partial charge is 0.176 e. The maximum atomic E-state index is 12.4.